The van der Waals surface area contributed by atoms with Gasteiger partial charge in [-0.05, 0) is 43.0 Å². The molecule has 4 amide bonds. The van der Waals surface area contributed by atoms with Gasteiger partial charge >= 0.3 is 0 Å². The van der Waals surface area contributed by atoms with Crippen molar-refractivity contribution in [3.05, 3.63) is 76.6 Å². The van der Waals surface area contributed by atoms with Crippen molar-refractivity contribution in [2.45, 2.75) is 77.4 Å². The Labute approximate surface area is 272 Å². The van der Waals surface area contributed by atoms with Crippen LogP contribution >= 0.6 is 11.6 Å². The number of carbonyl (C=O) groups excluding carboxylic acids is 4. The van der Waals surface area contributed by atoms with Gasteiger partial charge in [-0.1, -0.05) is 61.0 Å². The molecule has 0 unspecified atom stereocenters. The predicted octanol–water partition coefficient (Wildman–Crippen LogP) is 1.77. The number of aliphatic hydroxyl groups excluding tert-OH is 1. The van der Waals surface area contributed by atoms with Crippen molar-refractivity contribution in [3.8, 4) is 5.75 Å². The Hall–Kier alpha value is -4.49. The second kappa shape index (κ2) is 16.2. The molecule has 0 saturated carbocycles. The summed E-state index contributed by atoms with van der Waals surface area (Å²) < 4.78 is 7.43. The Bertz CT molecular complexity index is 1510. The summed E-state index contributed by atoms with van der Waals surface area (Å²) in [5.41, 5.74) is 1.52. The van der Waals surface area contributed by atoms with E-state index < -0.39 is 47.9 Å². The number of nitrogens with one attached hydrogen (secondary N) is 4. The maximum Gasteiger partial charge on any atom is 0.251 e. The fraction of sp³-hybridized carbons (Fsp3) is 0.438. The van der Waals surface area contributed by atoms with E-state index in [2.05, 4.69) is 31.6 Å². The Morgan fingerprint density at radius 3 is 2.43 bits per heavy atom. The summed E-state index contributed by atoms with van der Waals surface area (Å²) in [6.07, 6.45) is 1.36. The summed E-state index contributed by atoms with van der Waals surface area (Å²) in [4.78, 5) is 53.6. The molecule has 0 saturated heterocycles. The van der Waals surface area contributed by atoms with Gasteiger partial charge in [-0.3, -0.25) is 23.9 Å². The largest absolute Gasteiger partial charge is 0.492 e. The highest BCUT2D eigenvalue weighted by Gasteiger charge is 2.33. The summed E-state index contributed by atoms with van der Waals surface area (Å²) in [6, 6.07) is 10.2. The predicted molar refractivity (Wildman–Crippen MR) is 170 cm³/mol. The molecule has 46 heavy (non-hydrogen) atoms. The minimum absolute atomic E-state index is 0.00271. The van der Waals surface area contributed by atoms with Gasteiger partial charge < -0.3 is 31.1 Å². The lowest BCUT2D eigenvalue weighted by Crippen LogP contribution is -2.60. The van der Waals surface area contributed by atoms with Crippen molar-refractivity contribution < 1.29 is 29.0 Å². The van der Waals surface area contributed by atoms with Gasteiger partial charge in [-0.2, -0.15) is 0 Å². The van der Waals surface area contributed by atoms with Crippen LogP contribution in [0.1, 0.15) is 55.2 Å². The quantitative estimate of drug-likeness (QED) is 0.259. The van der Waals surface area contributed by atoms with Crippen LogP contribution in [0.4, 0.5) is 0 Å². The van der Waals surface area contributed by atoms with E-state index in [0.717, 1.165) is 5.56 Å². The number of hydrogen-bond acceptors (Lipinski definition) is 8. The molecule has 0 aliphatic carbocycles. The van der Waals surface area contributed by atoms with Crippen LogP contribution in [-0.4, -0.2) is 74.6 Å². The first-order chi connectivity index (χ1) is 22.0. The van der Waals surface area contributed by atoms with Gasteiger partial charge in [0.15, 0.2) is 0 Å². The number of fused-ring (bicyclic) bond motifs is 16. The third-order valence-corrected chi connectivity index (χ3v) is 7.62. The van der Waals surface area contributed by atoms with Crippen LogP contribution in [-0.2, 0) is 33.9 Å². The van der Waals surface area contributed by atoms with E-state index in [1.54, 1.807) is 23.0 Å². The zero-order valence-corrected chi connectivity index (χ0v) is 26.8. The van der Waals surface area contributed by atoms with Gasteiger partial charge in [-0.15, -0.1) is 5.10 Å². The molecule has 2 aliphatic heterocycles. The second-order valence-corrected chi connectivity index (χ2v) is 12.1. The summed E-state index contributed by atoms with van der Waals surface area (Å²) in [5.74, 6) is -2.07. The molecule has 0 fully saturated rings. The number of ether oxygens (including phenoxy) is 1. The number of aryl methyl sites for hydroxylation is 1. The lowest BCUT2D eigenvalue weighted by Gasteiger charge is -2.27. The first-order valence-corrected chi connectivity index (χ1v) is 15.6. The van der Waals surface area contributed by atoms with Gasteiger partial charge in [0.2, 0.25) is 17.7 Å². The highest BCUT2D eigenvalue weighted by Crippen LogP contribution is 2.26. The Balaban J connectivity index is 1.62. The fourth-order valence-corrected chi connectivity index (χ4v) is 5.16. The second-order valence-electron chi connectivity index (χ2n) is 11.7. The van der Waals surface area contributed by atoms with Crippen molar-refractivity contribution in [2.24, 2.45) is 5.92 Å². The Morgan fingerprint density at radius 2 is 1.74 bits per heavy atom. The highest BCUT2D eigenvalue weighted by atomic mass is 35.5. The molecule has 2 aromatic carbocycles. The monoisotopic (exact) mass is 653 g/mol. The molecule has 1 aromatic heterocycles. The molecule has 13 nitrogen and oxygen atoms in total. The zero-order valence-electron chi connectivity index (χ0n) is 26.0. The minimum Gasteiger partial charge on any atom is -0.492 e. The number of benzene rings is 2. The SMILES string of the molecule is CC(C)C[C@H]1NC(=O)c2ccc(c(Cl)c2)OCCCn2cc(nn2)CNC(=O)[C@H](Cc2ccccc2)NC(=O)[C@H]([C@@H](C)O)NC1=O. The normalized spacial score (nSPS) is 21.0. The van der Waals surface area contributed by atoms with E-state index in [1.165, 1.54) is 13.0 Å². The number of nitrogens with zero attached hydrogens (tertiary/aromatic N) is 3. The molecule has 4 bridgehead atoms. The topological polar surface area (TPSA) is 177 Å². The summed E-state index contributed by atoms with van der Waals surface area (Å²) >= 11 is 6.41. The molecule has 4 atom stereocenters. The molecule has 3 heterocycles. The molecule has 5 rings (SSSR count). The molecule has 246 valence electrons. The van der Waals surface area contributed by atoms with Crippen molar-refractivity contribution in [1.82, 2.24) is 36.3 Å². The smallest absolute Gasteiger partial charge is 0.251 e. The van der Waals surface area contributed by atoms with Crippen LogP contribution in [0.25, 0.3) is 0 Å². The number of hydrogen-bond donors (Lipinski definition) is 5. The number of carbonyl (C=O) groups is 4. The van der Waals surface area contributed by atoms with Crippen LogP contribution in [0.2, 0.25) is 5.02 Å². The van der Waals surface area contributed by atoms with Crippen LogP contribution in [0, 0.1) is 5.92 Å². The molecular weight excluding hydrogens is 614 g/mol. The van der Waals surface area contributed by atoms with Crippen LogP contribution in [0.3, 0.4) is 0 Å². The van der Waals surface area contributed by atoms with E-state index in [0.29, 0.717) is 31.0 Å². The van der Waals surface area contributed by atoms with Crippen LogP contribution < -0.4 is 26.0 Å². The van der Waals surface area contributed by atoms with Gasteiger partial charge in [0.05, 0.1) is 30.5 Å². The number of halogens is 1. The van der Waals surface area contributed by atoms with Crippen molar-refractivity contribution in [2.75, 3.05) is 6.61 Å². The minimum atomic E-state index is -1.42. The summed E-state index contributed by atoms with van der Waals surface area (Å²) in [5, 5.41) is 29.8. The average Bonchev–Trinajstić information content (AvgIpc) is 3.47. The van der Waals surface area contributed by atoms with Gasteiger partial charge in [0.1, 0.15) is 29.6 Å². The van der Waals surface area contributed by atoms with Crippen molar-refractivity contribution in [1.29, 1.82) is 0 Å². The van der Waals surface area contributed by atoms with Gasteiger partial charge in [-0.25, -0.2) is 0 Å². The number of aromatic nitrogens is 3. The maximum atomic E-state index is 13.5. The van der Waals surface area contributed by atoms with E-state index >= 15 is 0 Å². The molecule has 0 spiro atoms. The van der Waals surface area contributed by atoms with E-state index in [-0.39, 0.29) is 35.9 Å². The Morgan fingerprint density at radius 1 is 0.978 bits per heavy atom. The van der Waals surface area contributed by atoms with Crippen LogP contribution in [0.15, 0.2) is 54.7 Å². The first-order valence-electron chi connectivity index (χ1n) is 15.2. The van der Waals surface area contributed by atoms with E-state index in [4.69, 9.17) is 16.3 Å². The standard InChI is InChI=1S/C32H40ClN7O6/c1-19(2)14-25-31(44)37-28(20(3)41)32(45)36-26(15-21-8-5-4-6-9-21)30(43)34-17-23-18-40(39-38-23)12-7-13-46-27-11-10-22(16-24(27)33)29(42)35-25/h4-6,8-11,16,18-20,25-26,28,41H,7,12-15,17H2,1-3H3,(H,34,43)(H,35,42)(H,36,45)(H,37,44)/t20-,25-,26+,28+/m1/s1. The average molecular weight is 654 g/mol. The number of aliphatic hydroxyl groups is 1. The lowest BCUT2D eigenvalue weighted by molar-refractivity contribution is -0.135. The first kappa shape index (κ1) is 34.4. The molecule has 3 aromatic rings. The Kier molecular flexibility index (Phi) is 12.1. The van der Waals surface area contributed by atoms with Gasteiger partial charge in [0.25, 0.3) is 5.91 Å². The molecule has 5 N–H and O–H groups in total. The molecule has 0 radical (unpaired) electrons. The van der Waals surface area contributed by atoms with E-state index in [9.17, 15) is 24.3 Å². The number of rotatable bonds is 5. The molecular formula is C32H40ClN7O6. The van der Waals surface area contributed by atoms with Crippen molar-refractivity contribution >= 4 is 35.2 Å². The molecule has 2 aliphatic rings. The lowest BCUT2D eigenvalue weighted by atomic mass is 10.0. The highest BCUT2D eigenvalue weighted by molar-refractivity contribution is 6.32. The fourth-order valence-electron chi connectivity index (χ4n) is 4.92. The van der Waals surface area contributed by atoms with Gasteiger partial charge in [0, 0.05) is 24.9 Å². The molecule has 14 heteroatoms. The van der Waals surface area contributed by atoms with Crippen LogP contribution in [0.5, 0.6) is 5.75 Å². The van der Waals surface area contributed by atoms with E-state index in [1.807, 2.05) is 44.2 Å². The van der Waals surface area contributed by atoms with Crippen molar-refractivity contribution in [3.63, 3.8) is 0 Å². The maximum absolute atomic E-state index is 13.5. The third kappa shape index (κ3) is 9.75. The number of amides is 4. The summed E-state index contributed by atoms with van der Waals surface area (Å²) in [7, 11) is 0. The summed E-state index contributed by atoms with van der Waals surface area (Å²) in [6.45, 7) is 6.00. The third-order valence-electron chi connectivity index (χ3n) is 7.32. The zero-order chi connectivity index (χ0) is 33.2.